The summed E-state index contributed by atoms with van der Waals surface area (Å²) in [4.78, 5) is 3.93. The summed E-state index contributed by atoms with van der Waals surface area (Å²) in [7, 11) is 1.72. The van der Waals surface area contributed by atoms with Crippen LogP contribution >= 0.6 is 0 Å². The molecule has 16 heavy (non-hydrogen) atoms. The van der Waals surface area contributed by atoms with Crippen LogP contribution in [0.5, 0.6) is 0 Å². The fourth-order valence-electron chi connectivity index (χ4n) is 0.966. The Morgan fingerprint density at radius 3 is 2.81 bits per heavy atom. The molecule has 1 aromatic heterocycles. The van der Waals surface area contributed by atoms with Gasteiger partial charge in [0.1, 0.15) is 6.61 Å². The lowest BCUT2D eigenvalue weighted by Gasteiger charge is -2.05. The van der Waals surface area contributed by atoms with Crippen molar-refractivity contribution in [3.8, 4) is 0 Å². The molecule has 0 radical (unpaired) electrons. The highest BCUT2D eigenvalue weighted by molar-refractivity contribution is 4.85. The number of alkyl halides is 3. The number of hydrogen-bond donors (Lipinski definition) is 1. The summed E-state index contributed by atoms with van der Waals surface area (Å²) in [6, 6.07) is 0. The van der Waals surface area contributed by atoms with Crippen molar-refractivity contribution >= 4 is 0 Å². The summed E-state index contributed by atoms with van der Waals surface area (Å²) in [6.45, 7) is -0.914. The topological polar surface area (TPSA) is 60.2 Å². The van der Waals surface area contributed by atoms with Crippen LogP contribution in [0.25, 0.3) is 0 Å². The third-order valence-corrected chi connectivity index (χ3v) is 1.57. The molecule has 5 nitrogen and oxygen atoms in total. The smallest absolute Gasteiger partial charge is 0.372 e. The monoisotopic (exact) mass is 239 g/mol. The predicted molar refractivity (Wildman–Crippen MR) is 47.6 cm³/mol. The van der Waals surface area contributed by atoms with Gasteiger partial charge < -0.3 is 14.6 Å². The molecule has 1 rings (SSSR count). The third-order valence-electron chi connectivity index (χ3n) is 1.57. The van der Waals surface area contributed by atoms with E-state index in [0.717, 1.165) is 0 Å². The van der Waals surface area contributed by atoms with E-state index in [1.54, 1.807) is 7.05 Å². The zero-order valence-corrected chi connectivity index (χ0v) is 8.67. The number of hydrogen-bond acceptors (Lipinski definition) is 5. The van der Waals surface area contributed by atoms with E-state index in [-0.39, 0.29) is 13.0 Å². The Hall–Kier alpha value is -1.15. The molecule has 0 aliphatic rings. The van der Waals surface area contributed by atoms with Crippen molar-refractivity contribution in [3.63, 3.8) is 0 Å². The first-order valence-corrected chi connectivity index (χ1v) is 4.62. The van der Waals surface area contributed by atoms with Gasteiger partial charge in [-0.05, 0) is 7.05 Å². The highest BCUT2D eigenvalue weighted by Gasteiger charge is 2.27. The lowest BCUT2D eigenvalue weighted by molar-refractivity contribution is -0.173. The molecule has 92 valence electrons. The van der Waals surface area contributed by atoms with Crippen molar-refractivity contribution in [3.05, 3.63) is 11.7 Å². The van der Waals surface area contributed by atoms with Gasteiger partial charge in [-0.1, -0.05) is 5.16 Å². The molecular weight excluding hydrogens is 227 g/mol. The van der Waals surface area contributed by atoms with Gasteiger partial charge in [-0.15, -0.1) is 0 Å². The van der Waals surface area contributed by atoms with E-state index in [2.05, 4.69) is 20.2 Å². The van der Waals surface area contributed by atoms with E-state index in [9.17, 15) is 13.2 Å². The Balaban J connectivity index is 2.21. The minimum atomic E-state index is -4.30. The van der Waals surface area contributed by atoms with Crippen LogP contribution in [0.2, 0.25) is 0 Å². The molecular formula is C8H12F3N3O2. The minimum absolute atomic E-state index is 0.0853. The number of nitrogens with one attached hydrogen (secondary N) is 1. The average Bonchev–Trinajstić information content (AvgIpc) is 2.60. The van der Waals surface area contributed by atoms with Gasteiger partial charge in [0.15, 0.2) is 5.82 Å². The maximum absolute atomic E-state index is 11.7. The van der Waals surface area contributed by atoms with Crippen molar-refractivity contribution < 1.29 is 22.4 Å². The number of rotatable bonds is 6. The van der Waals surface area contributed by atoms with Gasteiger partial charge in [0, 0.05) is 6.42 Å². The molecule has 8 heteroatoms. The van der Waals surface area contributed by atoms with Crippen molar-refractivity contribution in [2.45, 2.75) is 19.1 Å². The van der Waals surface area contributed by atoms with Crippen molar-refractivity contribution in [2.75, 3.05) is 20.3 Å². The summed E-state index contributed by atoms with van der Waals surface area (Å²) in [5, 5.41) is 6.39. The second-order valence-electron chi connectivity index (χ2n) is 3.05. The third kappa shape index (κ3) is 5.08. The van der Waals surface area contributed by atoms with Crippen LogP contribution in [-0.2, 0) is 17.7 Å². The van der Waals surface area contributed by atoms with Crippen LogP contribution in [0, 0.1) is 0 Å². The Morgan fingerprint density at radius 2 is 2.19 bits per heavy atom. The molecule has 1 heterocycles. The van der Waals surface area contributed by atoms with E-state index in [1.807, 2.05) is 0 Å². The molecule has 0 bridgehead atoms. The fourth-order valence-corrected chi connectivity index (χ4v) is 0.966. The first kappa shape index (κ1) is 12.9. The molecule has 1 N–H and O–H groups in total. The number of ether oxygens (including phenoxy) is 1. The molecule has 1 aromatic rings. The predicted octanol–water partition coefficient (Wildman–Crippen LogP) is 0.910. The van der Waals surface area contributed by atoms with Crippen LogP contribution in [0.1, 0.15) is 11.7 Å². The van der Waals surface area contributed by atoms with Crippen molar-refractivity contribution in [2.24, 2.45) is 0 Å². The normalized spacial score (nSPS) is 12.0. The summed E-state index contributed by atoms with van der Waals surface area (Å²) < 4.78 is 44.3. The van der Waals surface area contributed by atoms with Gasteiger partial charge in [0.2, 0.25) is 5.89 Å². The van der Waals surface area contributed by atoms with Crippen molar-refractivity contribution in [1.82, 2.24) is 15.5 Å². The van der Waals surface area contributed by atoms with Crippen LogP contribution in [0.3, 0.4) is 0 Å². The van der Waals surface area contributed by atoms with Gasteiger partial charge in [0.25, 0.3) is 0 Å². The maximum Gasteiger partial charge on any atom is 0.411 e. The van der Waals surface area contributed by atoms with E-state index in [4.69, 9.17) is 4.52 Å². The largest absolute Gasteiger partial charge is 0.411 e. The van der Waals surface area contributed by atoms with Crippen LogP contribution in [-0.4, -0.2) is 36.6 Å². The summed E-state index contributed by atoms with van der Waals surface area (Å²) in [5.41, 5.74) is 0. The van der Waals surface area contributed by atoms with Gasteiger partial charge in [-0.25, -0.2) is 0 Å². The minimum Gasteiger partial charge on any atom is -0.372 e. The first-order valence-electron chi connectivity index (χ1n) is 4.62. The number of nitrogens with zero attached hydrogens (tertiary/aromatic N) is 2. The zero-order valence-electron chi connectivity index (χ0n) is 8.67. The van der Waals surface area contributed by atoms with E-state index >= 15 is 0 Å². The molecule has 0 unspecified atom stereocenters. The van der Waals surface area contributed by atoms with Gasteiger partial charge >= 0.3 is 6.18 Å². The summed E-state index contributed by atoms with van der Waals surface area (Å²) >= 11 is 0. The highest BCUT2D eigenvalue weighted by atomic mass is 19.4. The summed E-state index contributed by atoms with van der Waals surface area (Å²) in [5.74, 6) is 0.737. The number of halogens is 3. The Labute approximate surface area is 90.0 Å². The Kier molecular flexibility index (Phi) is 4.69. The zero-order chi connectivity index (χ0) is 12.0. The highest BCUT2D eigenvalue weighted by Crippen LogP contribution is 2.14. The second-order valence-corrected chi connectivity index (χ2v) is 3.05. The number of aromatic nitrogens is 2. The summed E-state index contributed by atoms with van der Waals surface area (Å²) in [6.07, 6.45) is -4.10. The van der Waals surface area contributed by atoms with Gasteiger partial charge in [0.05, 0.1) is 13.2 Å². The fraction of sp³-hybridized carbons (Fsp3) is 0.750. The van der Waals surface area contributed by atoms with E-state index < -0.39 is 12.8 Å². The van der Waals surface area contributed by atoms with Crippen LogP contribution in [0.15, 0.2) is 4.52 Å². The lowest BCUT2D eigenvalue weighted by Crippen LogP contribution is -2.18. The molecule has 0 fully saturated rings. The first-order chi connectivity index (χ1) is 7.51. The van der Waals surface area contributed by atoms with Gasteiger partial charge in [-0.2, -0.15) is 18.2 Å². The quantitative estimate of drug-likeness (QED) is 0.748. The van der Waals surface area contributed by atoms with Crippen LogP contribution < -0.4 is 5.32 Å². The molecule has 0 aromatic carbocycles. The lowest BCUT2D eigenvalue weighted by atomic mass is 10.4. The SMILES string of the molecule is CNCc1nc(CCOCC(F)(F)F)no1. The van der Waals surface area contributed by atoms with Crippen LogP contribution in [0.4, 0.5) is 13.2 Å². The molecule has 0 saturated carbocycles. The average molecular weight is 239 g/mol. The molecule has 0 aliphatic carbocycles. The molecule has 0 spiro atoms. The van der Waals surface area contributed by atoms with Crippen molar-refractivity contribution in [1.29, 1.82) is 0 Å². The molecule has 0 amide bonds. The van der Waals surface area contributed by atoms with Gasteiger partial charge in [-0.3, -0.25) is 0 Å². The molecule has 0 atom stereocenters. The second kappa shape index (κ2) is 5.80. The molecule has 0 aliphatic heterocycles. The standard InChI is InChI=1S/C8H12F3N3O2/c1-12-4-7-13-6(14-16-7)2-3-15-5-8(9,10)11/h12H,2-5H2,1H3. The van der Waals surface area contributed by atoms with E-state index in [0.29, 0.717) is 18.3 Å². The molecule has 0 saturated heterocycles. The Morgan fingerprint density at radius 1 is 1.44 bits per heavy atom. The van der Waals surface area contributed by atoms with E-state index in [1.165, 1.54) is 0 Å². The Bertz CT molecular complexity index is 314. The maximum atomic E-state index is 11.7.